The molecule has 1 aromatic carbocycles. The lowest BCUT2D eigenvalue weighted by atomic mass is 9.96. The van der Waals surface area contributed by atoms with Crippen molar-refractivity contribution in [3.05, 3.63) is 51.4 Å². The van der Waals surface area contributed by atoms with E-state index >= 15 is 0 Å². The molecule has 2 aromatic rings. The molecular formula is C19H18N4O2S. The average Bonchev–Trinajstić information content (AvgIpc) is 3.00. The monoisotopic (exact) mass is 366 g/mol. The number of hydrogen-bond acceptors (Lipinski definition) is 5. The van der Waals surface area contributed by atoms with Crippen molar-refractivity contribution < 1.29 is 9.59 Å². The van der Waals surface area contributed by atoms with Gasteiger partial charge in [0.1, 0.15) is 11.1 Å². The van der Waals surface area contributed by atoms with E-state index in [1.54, 1.807) is 0 Å². The van der Waals surface area contributed by atoms with Gasteiger partial charge in [0.25, 0.3) is 0 Å². The predicted molar refractivity (Wildman–Crippen MR) is 101 cm³/mol. The van der Waals surface area contributed by atoms with Gasteiger partial charge in [-0.3, -0.25) is 9.59 Å². The van der Waals surface area contributed by atoms with Gasteiger partial charge in [0.05, 0.1) is 11.8 Å². The Bertz CT molecular complexity index is 907. The first-order valence-corrected chi connectivity index (χ1v) is 9.16. The molecule has 0 radical (unpaired) electrons. The maximum Gasteiger partial charge on any atom is 0.329 e. The second-order valence-electron chi connectivity index (χ2n) is 6.09. The molecule has 0 aliphatic heterocycles. The molecule has 0 saturated carbocycles. The molecule has 132 valence electrons. The van der Waals surface area contributed by atoms with Crippen LogP contribution in [0.15, 0.2) is 29.4 Å². The lowest BCUT2D eigenvalue weighted by Crippen LogP contribution is -2.32. The van der Waals surface area contributed by atoms with Crippen LogP contribution in [0.4, 0.5) is 5.00 Å². The van der Waals surface area contributed by atoms with Crippen LogP contribution in [0, 0.1) is 18.3 Å². The van der Waals surface area contributed by atoms with Crippen LogP contribution in [0.2, 0.25) is 0 Å². The number of hydrogen-bond donors (Lipinski definition) is 2. The zero-order valence-corrected chi connectivity index (χ0v) is 15.2. The first kappa shape index (κ1) is 17.8. The molecule has 26 heavy (non-hydrogen) atoms. The third-order valence-electron chi connectivity index (χ3n) is 4.17. The van der Waals surface area contributed by atoms with Crippen LogP contribution >= 0.6 is 11.3 Å². The molecule has 7 heteroatoms. The second kappa shape index (κ2) is 7.93. The SMILES string of the molecule is Cc1ccc(/C=N\NC(=O)C(=O)Nc2sc3c(c2C#N)CCCC3)cc1. The van der Waals surface area contributed by atoms with E-state index in [1.165, 1.54) is 17.6 Å². The number of nitrogens with zero attached hydrogens (tertiary/aromatic N) is 2. The molecule has 0 fully saturated rings. The van der Waals surface area contributed by atoms with Crippen LogP contribution in [0.1, 0.15) is 40.0 Å². The van der Waals surface area contributed by atoms with Gasteiger partial charge in [0, 0.05) is 4.88 Å². The van der Waals surface area contributed by atoms with Crippen molar-refractivity contribution in [1.29, 1.82) is 5.26 Å². The Hall–Kier alpha value is -2.98. The summed E-state index contributed by atoms with van der Waals surface area (Å²) in [4.78, 5) is 25.1. The highest BCUT2D eigenvalue weighted by Crippen LogP contribution is 2.37. The minimum Gasteiger partial charge on any atom is -0.308 e. The Kier molecular flexibility index (Phi) is 5.44. The van der Waals surface area contributed by atoms with Crippen molar-refractivity contribution in [2.45, 2.75) is 32.6 Å². The summed E-state index contributed by atoms with van der Waals surface area (Å²) >= 11 is 1.38. The first-order chi connectivity index (χ1) is 12.6. The molecule has 0 saturated heterocycles. The molecule has 0 bridgehead atoms. The summed E-state index contributed by atoms with van der Waals surface area (Å²) in [5.41, 5.74) is 5.63. The number of amides is 2. The third-order valence-corrected chi connectivity index (χ3v) is 5.38. The van der Waals surface area contributed by atoms with Crippen molar-refractivity contribution in [1.82, 2.24) is 5.43 Å². The predicted octanol–water partition coefficient (Wildman–Crippen LogP) is 2.90. The summed E-state index contributed by atoms with van der Waals surface area (Å²) in [7, 11) is 0. The number of nitriles is 1. The second-order valence-corrected chi connectivity index (χ2v) is 7.20. The highest BCUT2D eigenvalue weighted by molar-refractivity contribution is 7.16. The number of carbonyl (C=O) groups excluding carboxylic acids is 2. The molecule has 1 aliphatic carbocycles. The Morgan fingerprint density at radius 2 is 1.92 bits per heavy atom. The zero-order valence-electron chi connectivity index (χ0n) is 14.3. The van der Waals surface area contributed by atoms with Crippen molar-refractivity contribution in [2.24, 2.45) is 5.10 Å². The van der Waals surface area contributed by atoms with Gasteiger partial charge in [-0.15, -0.1) is 11.3 Å². The van der Waals surface area contributed by atoms with Crippen molar-refractivity contribution in [3.63, 3.8) is 0 Å². The van der Waals surface area contributed by atoms with Crippen molar-refractivity contribution in [2.75, 3.05) is 5.32 Å². The Labute approximate surface area is 155 Å². The first-order valence-electron chi connectivity index (χ1n) is 8.34. The fourth-order valence-electron chi connectivity index (χ4n) is 2.80. The minimum atomic E-state index is -0.872. The number of aryl methyl sites for hydroxylation is 2. The fourth-order valence-corrected chi connectivity index (χ4v) is 4.04. The van der Waals surface area contributed by atoms with E-state index in [9.17, 15) is 14.9 Å². The molecule has 1 aliphatic rings. The number of nitrogens with one attached hydrogen (secondary N) is 2. The molecule has 1 heterocycles. The number of anilines is 1. The lowest BCUT2D eigenvalue weighted by Gasteiger charge is -2.09. The number of thiophene rings is 1. The molecule has 2 amide bonds. The Morgan fingerprint density at radius 1 is 1.19 bits per heavy atom. The van der Waals surface area contributed by atoms with Crippen molar-refractivity contribution in [3.8, 4) is 6.07 Å². The van der Waals surface area contributed by atoms with E-state index in [-0.39, 0.29) is 0 Å². The largest absolute Gasteiger partial charge is 0.329 e. The molecule has 2 N–H and O–H groups in total. The highest BCUT2D eigenvalue weighted by Gasteiger charge is 2.23. The van der Waals surface area contributed by atoms with Gasteiger partial charge in [-0.2, -0.15) is 10.4 Å². The molecule has 0 unspecified atom stereocenters. The normalized spacial score (nSPS) is 13.1. The molecule has 0 spiro atoms. The number of carbonyl (C=O) groups is 2. The molecule has 6 nitrogen and oxygen atoms in total. The summed E-state index contributed by atoms with van der Waals surface area (Å²) in [5.74, 6) is -1.70. The summed E-state index contributed by atoms with van der Waals surface area (Å²) in [6.45, 7) is 1.98. The van der Waals surface area contributed by atoms with Crippen LogP contribution in [-0.4, -0.2) is 18.0 Å². The maximum absolute atomic E-state index is 12.1. The standard InChI is InChI=1S/C19H18N4O2S/c1-12-6-8-13(9-7-12)11-21-23-18(25)17(24)22-19-15(10-20)14-4-2-3-5-16(14)26-19/h6-9,11H,2-5H2,1H3,(H,22,24)(H,23,25)/b21-11-. The van der Waals surface area contributed by atoms with Gasteiger partial charge in [-0.1, -0.05) is 29.8 Å². The summed E-state index contributed by atoms with van der Waals surface area (Å²) < 4.78 is 0. The fraction of sp³-hybridized carbons (Fsp3) is 0.263. The van der Waals surface area contributed by atoms with E-state index in [0.717, 1.165) is 47.3 Å². The van der Waals surface area contributed by atoms with E-state index < -0.39 is 11.8 Å². The summed E-state index contributed by atoms with van der Waals surface area (Å²) in [5, 5.41) is 16.2. The zero-order chi connectivity index (χ0) is 18.5. The quantitative estimate of drug-likeness (QED) is 0.497. The molecule has 1 aromatic heterocycles. The van der Waals surface area contributed by atoms with Crippen LogP contribution < -0.4 is 10.7 Å². The van der Waals surface area contributed by atoms with E-state index in [4.69, 9.17) is 0 Å². The van der Waals surface area contributed by atoms with Gasteiger partial charge >= 0.3 is 11.8 Å². The molecule has 3 rings (SSSR count). The van der Waals surface area contributed by atoms with Crippen LogP contribution in [0.25, 0.3) is 0 Å². The summed E-state index contributed by atoms with van der Waals surface area (Å²) in [6.07, 6.45) is 5.35. The van der Waals surface area contributed by atoms with Gasteiger partial charge < -0.3 is 5.32 Å². The number of hydrazone groups is 1. The van der Waals surface area contributed by atoms with Gasteiger partial charge in [-0.25, -0.2) is 5.43 Å². The van der Waals surface area contributed by atoms with Gasteiger partial charge in [0.15, 0.2) is 0 Å². The van der Waals surface area contributed by atoms with E-state index in [2.05, 4.69) is 21.9 Å². The van der Waals surface area contributed by atoms with Crippen LogP contribution in [-0.2, 0) is 22.4 Å². The molecular weight excluding hydrogens is 348 g/mol. The number of benzene rings is 1. The van der Waals surface area contributed by atoms with Gasteiger partial charge in [0.2, 0.25) is 0 Å². The van der Waals surface area contributed by atoms with E-state index in [0.29, 0.717) is 10.6 Å². The maximum atomic E-state index is 12.1. The number of fused-ring (bicyclic) bond motifs is 1. The van der Waals surface area contributed by atoms with Crippen LogP contribution in [0.5, 0.6) is 0 Å². The highest BCUT2D eigenvalue weighted by atomic mass is 32.1. The summed E-state index contributed by atoms with van der Waals surface area (Å²) in [6, 6.07) is 9.73. The average molecular weight is 366 g/mol. The third kappa shape index (κ3) is 3.98. The smallest absolute Gasteiger partial charge is 0.308 e. The lowest BCUT2D eigenvalue weighted by molar-refractivity contribution is -0.136. The van der Waals surface area contributed by atoms with E-state index in [1.807, 2.05) is 31.2 Å². The van der Waals surface area contributed by atoms with Crippen LogP contribution in [0.3, 0.4) is 0 Å². The Morgan fingerprint density at radius 3 is 2.65 bits per heavy atom. The number of rotatable bonds is 3. The topological polar surface area (TPSA) is 94.3 Å². The minimum absolute atomic E-state index is 0.446. The van der Waals surface area contributed by atoms with Crippen molar-refractivity contribution >= 4 is 34.4 Å². The molecule has 0 atom stereocenters. The van der Waals surface area contributed by atoms with Gasteiger partial charge in [-0.05, 0) is 43.7 Å². The Balaban J connectivity index is 1.63.